The van der Waals surface area contributed by atoms with Crippen LogP contribution in [0.5, 0.6) is 0 Å². The molecule has 110 valence electrons. The molecule has 1 atom stereocenters. The van der Waals surface area contributed by atoms with Gasteiger partial charge in [-0.2, -0.15) is 0 Å². The van der Waals surface area contributed by atoms with Crippen molar-refractivity contribution in [1.82, 2.24) is 10.3 Å². The van der Waals surface area contributed by atoms with Crippen LogP contribution in [0.4, 0.5) is 5.82 Å². The number of methoxy groups -OCH3 is 1. The van der Waals surface area contributed by atoms with Crippen LogP contribution in [0.25, 0.3) is 0 Å². The molecule has 1 aliphatic heterocycles. The van der Waals surface area contributed by atoms with Crippen LogP contribution in [0, 0.1) is 0 Å². The SMILES string of the molecule is CNc1cc(C(=O)NCC2(OC)CCOC2)cc(Cl)n1. The predicted octanol–water partition coefficient (Wildman–Crippen LogP) is 1.31. The van der Waals surface area contributed by atoms with E-state index in [-0.39, 0.29) is 11.1 Å². The Bertz CT molecular complexity index is 490. The second kappa shape index (κ2) is 6.39. The largest absolute Gasteiger partial charge is 0.378 e. The van der Waals surface area contributed by atoms with Crippen LogP contribution in [0.3, 0.4) is 0 Å². The summed E-state index contributed by atoms with van der Waals surface area (Å²) in [5.74, 6) is 0.336. The highest BCUT2D eigenvalue weighted by Crippen LogP contribution is 2.22. The van der Waals surface area contributed by atoms with Gasteiger partial charge in [-0.1, -0.05) is 11.6 Å². The van der Waals surface area contributed by atoms with Crippen molar-refractivity contribution in [1.29, 1.82) is 0 Å². The zero-order chi connectivity index (χ0) is 14.6. The average Bonchev–Trinajstić information content (AvgIpc) is 2.93. The summed E-state index contributed by atoms with van der Waals surface area (Å²) in [5.41, 5.74) is 0.0257. The fraction of sp³-hybridized carbons (Fsp3) is 0.538. The van der Waals surface area contributed by atoms with Gasteiger partial charge in [0.25, 0.3) is 5.91 Å². The minimum atomic E-state index is -0.432. The Kier molecular flexibility index (Phi) is 4.80. The van der Waals surface area contributed by atoms with E-state index in [1.165, 1.54) is 6.07 Å². The molecule has 0 radical (unpaired) electrons. The Morgan fingerprint density at radius 1 is 1.60 bits per heavy atom. The van der Waals surface area contributed by atoms with Crippen LogP contribution in [0.2, 0.25) is 5.15 Å². The number of carbonyl (C=O) groups excluding carboxylic acids is 1. The molecule has 2 rings (SSSR count). The molecule has 1 saturated heterocycles. The summed E-state index contributed by atoms with van der Waals surface area (Å²) in [7, 11) is 3.35. The standard InChI is InChI=1S/C13H18ClN3O3/c1-15-11-6-9(5-10(14)17-11)12(18)16-7-13(19-2)3-4-20-8-13/h5-6H,3-4,7-8H2,1-2H3,(H,15,17)(H,16,18). The van der Waals surface area contributed by atoms with E-state index in [4.69, 9.17) is 21.1 Å². The lowest BCUT2D eigenvalue weighted by Crippen LogP contribution is -2.45. The van der Waals surface area contributed by atoms with E-state index in [0.29, 0.717) is 31.1 Å². The van der Waals surface area contributed by atoms with Gasteiger partial charge < -0.3 is 20.1 Å². The monoisotopic (exact) mass is 299 g/mol. The molecule has 20 heavy (non-hydrogen) atoms. The lowest BCUT2D eigenvalue weighted by atomic mass is 10.0. The Labute approximate surface area is 122 Å². The fourth-order valence-corrected chi connectivity index (χ4v) is 2.27. The minimum Gasteiger partial charge on any atom is -0.378 e. The average molecular weight is 300 g/mol. The van der Waals surface area contributed by atoms with Gasteiger partial charge in [-0.3, -0.25) is 4.79 Å². The number of ether oxygens (including phenoxy) is 2. The van der Waals surface area contributed by atoms with Crippen molar-refractivity contribution in [3.8, 4) is 0 Å². The number of amides is 1. The van der Waals surface area contributed by atoms with Crippen LogP contribution in [-0.4, -0.2) is 50.4 Å². The lowest BCUT2D eigenvalue weighted by molar-refractivity contribution is -0.0148. The van der Waals surface area contributed by atoms with Gasteiger partial charge in [0.2, 0.25) is 0 Å². The summed E-state index contributed by atoms with van der Waals surface area (Å²) in [5, 5.41) is 5.98. The number of hydrogen-bond donors (Lipinski definition) is 2. The quantitative estimate of drug-likeness (QED) is 0.802. The second-order valence-electron chi connectivity index (χ2n) is 4.69. The van der Waals surface area contributed by atoms with Crippen molar-refractivity contribution >= 4 is 23.3 Å². The highest BCUT2D eigenvalue weighted by Gasteiger charge is 2.35. The van der Waals surface area contributed by atoms with Gasteiger partial charge in [0.15, 0.2) is 0 Å². The molecule has 1 unspecified atom stereocenters. The first kappa shape index (κ1) is 15.0. The van der Waals surface area contributed by atoms with Gasteiger partial charge in [-0.05, 0) is 12.1 Å². The van der Waals surface area contributed by atoms with Crippen molar-refractivity contribution in [3.05, 3.63) is 22.8 Å². The van der Waals surface area contributed by atoms with Crippen LogP contribution in [-0.2, 0) is 9.47 Å². The van der Waals surface area contributed by atoms with Crippen molar-refractivity contribution in [2.75, 3.05) is 39.2 Å². The number of carbonyl (C=O) groups is 1. The van der Waals surface area contributed by atoms with E-state index >= 15 is 0 Å². The maximum absolute atomic E-state index is 12.2. The topological polar surface area (TPSA) is 72.5 Å². The molecule has 1 amide bonds. The third kappa shape index (κ3) is 3.39. The first-order chi connectivity index (χ1) is 9.58. The lowest BCUT2D eigenvalue weighted by Gasteiger charge is -2.25. The number of nitrogens with zero attached hydrogens (tertiary/aromatic N) is 1. The number of rotatable bonds is 5. The van der Waals surface area contributed by atoms with Gasteiger partial charge in [0.05, 0.1) is 6.61 Å². The molecule has 0 saturated carbocycles. The normalized spacial score (nSPS) is 21.8. The van der Waals surface area contributed by atoms with E-state index in [9.17, 15) is 4.79 Å². The van der Waals surface area contributed by atoms with Gasteiger partial charge in [-0.15, -0.1) is 0 Å². The van der Waals surface area contributed by atoms with Crippen molar-refractivity contribution in [3.63, 3.8) is 0 Å². The number of halogens is 1. The molecular formula is C13H18ClN3O3. The highest BCUT2D eigenvalue weighted by atomic mass is 35.5. The zero-order valence-corrected chi connectivity index (χ0v) is 12.3. The molecule has 1 aromatic rings. The molecule has 1 fully saturated rings. The molecule has 0 aromatic carbocycles. The molecule has 0 bridgehead atoms. The van der Waals surface area contributed by atoms with E-state index < -0.39 is 5.60 Å². The number of hydrogen-bond acceptors (Lipinski definition) is 5. The third-order valence-electron chi connectivity index (χ3n) is 3.38. The summed E-state index contributed by atoms with van der Waals surface area (Å²) in [6.45, 7) is 1.54. The van der Waals surface area contributed by atoms with Crippen molar-refractivity contribution in [2.24, 2.45) is 0 Å². The van der Waals surface area contributed by atoms with Crippen molar-refractivity contribution in [2.45, 2.75) is 12.0 Å². The number of nitrogens with one attached hydrogen (secondary N) is 2. The van der Waals surface area contributed by atoms with Crippen LogP contribution in [0.1, 0.15) is 16.8 Å². The maximum atomic E-state index is 12.2. The Balaban J connectivity index is 2.03. The Morgan fingerprint density at radius 3 is 3.00 bits per heavy atom. The van der Waals surface area contributed by atoms with Gasteiger partial charge in [-0.25, -0.2) is 4.98 Å². The van der Waals surface area contributed by atoms with Gasteiger partial charge in [0, 0.05) is 39.3 Å². The minimum absolute atomic E-state index is 0.214. The van der Waals surface area contributed by atoms with Crippen LogP contribution >= 0.6 is 11.6 Å². The summed E-state index contributed by atoms with van der Waals surface area (Å²) >= 11 is 5.88. The molecule has 1 aliphatic rings. The summed E-state index contributed by atoms with van der Waals surface area (Å²) < 4.78 is 10.8. The zero-order valence-electron chi connectivity index (χ0n) is 11.5. The Morgan fingerprint density at radius 2 is 2.40 bits per heavy atom. The summed E-state index contributed by atoms with van der Waals surface area (Å²) in [4.78, 5) is 16.2. The fourth-order valence-electron chi connectivity index (χ4n) is 2.06. The third-order valence-corrected chi connectivity index (χ3v) is 3.58. The van der Waals surface area contributed by atoms with Crippen LogP contribution < -0.4 is 10.6 Å². The number of anilines is 1. The van der Waals surface area contributed by atoms with E-state index in [0.717, 1.165) is 6.42 Å². The van der Waals surface area contributed by atoms with Gasteiger partial charge >= 0.3 is 0 Å². The van der Waals surface area contributed by atoms with Crippen LogP contribution in [0.15, 0.2) is 12.1 Å². The van der Waals surface area contributed by atoms with Gasteiger partial charge in [0.1, 0.15) is 16.6 Å². The first-order valence-corrected chi connectivity index (χ1v) is 6.73. The highest BCUT2D eigenvalue weighted by molar-refractivity contribution is 6.29. The predicted molar refractivity (Wildman–Crippen MR) is 76.3 cm³/mol. The molecule has 2 heterocycles. The molecule has 0 spiro atoms. The molecule has 6 nitrogen and oxygen atoms in total. The summed E-state index contributed by atoms with van der Waals surface area (Å²) in [6, 6.07) is 3.17. The smallest absolute Gasteiger partial charge is 0.251 e. The first-order valence-electron chi connectivity index (χ1n) is 6.35. The second-order valence-corrected chi connectivity index (χ2v) is 5.07. The Hall–Kier alpha value is -1.37. The number of aromatic nitrogens is 1. The van der Waals surface area contributed by atoms with E-state index in [1.54, 1.807) is 20.2 Å². The molecular weight excluding hydrogens is 282 g/mol. The molecule has 7 heteroatoms. The number of pyridine rings is 1. The molecule has 1 aromatic heterocycles. The van der Waals surface area contributed by atoms with E-state index in [2.05, 4.69) is 15.6 Å². The molecule has 0 aliphatic carbocycles. The molecule has 2 N–H and O–H groups in total. The summed E-state index contributed by atoms with van der Waals surface area (Å²) in [6.07, 6.45) is 0.767. The maximum Gasteiger partial charge on any atom is 0.251 e. The van der Waals surface area contributed by atoms with E-state index in [1.807, 2.05) is 0 Å². The van der Waals surface area contributed by atoms with Crippen molar-refractivity contribution < 1.29 is 14.3 Å².